The lowest BCUT2D eigenvalue weighted by Gasteiger charge is -2.04. The Morgan fingerprint density at radius 1 is 1.40 bits per heavy atom. The zero-order valence-electron chi connectivity index (χ0n) is 8.77. The maximum Gasteiger partial charge on any atom is 0.178 e. The van der Waals surface area contributed by atoms with Crippen molar-refractivity contribution in [2.45, 2.75) is 6.92 Å². The van der Waals surface area contributed by atoms with Crippen LogP contribution in [0.25, 0.3) is 5.65 Å². The van der Waals surface area contributed by atoms with Crippen molar-refractivity contribution < 1.29 is 4.74 Å². The van der Waals surface area contributed by atoms with E-state index in [1.54, 1.807) is 11.6 Å². The summed E-state index contributed by atoms with van der Waals surface area (Å²) in [4.78, 5) is 0. The predicted octanol–water partition coefficient (Wildman–Crippen LogP) is 0.491. The SMILES string of the molecule is COCCNc1ccc2nnc(C)n2n1. The van der Waals surface area contributed by atoms with Gasteiger partial charge >= 0.3 is 0 Å². The molecule has 0 aliphatic heterocycles. The third-order valence-corrected chi connectivity index (χ3v) is 2.03. The molecule has 2 aromatic heterocycles. The second-order valence-corrected chi connectivity index (χ2v) is 3.16. The van der Waals surface area contributed by atoms with Crippen molar-refractivity contribution in [2.24, 2.45) is 0 Å². The van der Waals surface area contributed by atoms with Gasteiger partial charge in [0.15, 0.2) is 11.5 Å². The van der Waals surface area contributed by atoms with E-state index < -0.39 is 0 Å². The lowest BCUT2D eigenvalue weighted by Crippen LogP contribution is -2.10. The number of hydrogen-bond donors (Lipinski definition) is 1. The van der Waals surface area contributed by atoms with E-state index in [2.05, 4.69) is 20.6 Å². The van der Waals surface area contributed by atoms with E-state index in [0.29, 0.717) is 6.61 Å². The Balaban J connectivity index is 2.18. The highest BCUT2D eigenvalue weighted by Crippen LogP contribution is 2.05. The van der Waals surface area contributed by atoms with E-state index in [4.69, 9.17) is 4.74 Å². The third kappa shape index (κ3) is 2.04. The summed E-state index contributed by atoms with van der Waals surface area (Å²) in [5, 5.41) is 15.4. The van der Waals surface area contributed by atoms with Crippen molar-refractivity contribution in [1.82, 2.24) is 19.8 Å². The molecular weight excluding hydrogens is 194 g/mol. The molecule has 80 valence electrons. The van der Waals surface area contributed by atoms with Gasteiger partial charge in [0, 0.05) is 13.7 Å². The Morgan fingerprint density at radius 3 is 3.07 bits per heavy atom. The number of nitrogens with one attached hydrogen (secondary N) is 1. The second-order valence-electron chi connectivity index (χ2n) is 3.16. The van der Waals surface area contributed by atoms with Gasteiger partial charge in [-0.2, -0.15) is 4.52 Å². The van der Waals surface area contributed by atoms with Crippen LogP contribution in [0.15, 0.2) is 12.1 Å². The normalized spacial score (nSPS) is 10.8. The third-order valence-electron chi connectivity index (χ3n) is 2.03. The molecule has 2 heterocycles. The average molecular weight is 207 g/mol. The molecule has 15 heavy (non-hydrogen) atoms. The van der Waals surface area contributed by atoms with Gasteiger partial charge in [0.1, 0.15) is 5.82 Å². The van der Waals surface area contributed by atoms with Crippen LogP contribution in [-0.2, 0) is 4.74 Å². The predicted molar refractivity (Wildman–Crippen MR) is 55.9 cm³/mol. The number of fused-ring (bicyclic) bond motifs is 1. The first-order chi connectivity index (χ1) is 7.31. The molecule has 0 amide bonds. The molecule has 0 fully saturated rings. The minimum absolute atomic E-state index is 0.654. The van der Waals surface area contributed by atoms with Crippen LogP contribution in [0.4, 0.5) is 5.82 Å². The van der Waals surface area contributed by atoms with E-state index in [1.807, 2.05) is 19.1 Å². The second kappa shape index (κ2) is 4.22. The quantitative estimate of drug-likeness (QED) is 0.739. The van der Waals surface area contributed by atoms with Crippen LogP contribution < -0.4 is 5.32 Å². The monoisotopic (exact) mass is 207 g/mol. The molecular formula is C9H13N5O. The summed E-state index contributed by atoms with van der Waals surface area (Å²) in [5.41, 5.74) is 0.754. The molecule has 0 atom stereocenters. The minimum atomic E-state index is 0.654. The maximum atomic E-state index is 4.94. The Labute approximate surface area is 87.3 Å². The number of ether oxygens (including phenoxy) is 1. The zero-order valence-corrected chi connectivity index (χ0v) is 8.77. The molecule has 0 aliphatic rings. The first-order valence-electron chi connectivity index (χ1n) is 4.73. The Morgan fingerprint density at radius 2 is 2.27 bits per heavy atom. The first-order valence-corrected chi connectivity index (χ1v) is 4.73. The van der Waals surface area contributed by atoms with E-state index in [0.717, 1.165) is 23.8 Å². The van der Waals surface area contributed by atoms with Gasteiger partial charge in [-0.25, -0.2) is 0 Å². The summed E-state index contributed by atoms with van der Waals surface area (Å²) < 4.78 is 6.64. The first kappa shape index (κ1) is 9.85. The lowest BCUT2D eigenvalue weighted by atomic mass is 10.5. The standard InChI is InChI=1S/C9H13N5O/c1-7-11-12-9-4-3-8(13-14(7)9)10-5-6-15-2/h3-4H,5-6H2,1-2H3,(H,10,13). The van der Waals surface area contributed by atoms with Crippen LogP contribution in [0.2, 0.25) is 0 Å². The van der Waals surface area contributed by atoms with Gasteiger partial charge in [0.25, 0.3) is 0 Å². The van der Waals surface area contributed by atoms with Crippen LogP contribution in [0.5, 0.6) is 0 Å². The molecule has 2 aromatic rings. The number of hydrogen-bond acceptors (Lipinski definition) is 5. The number of nitrogens with zero attached hydrogens (tertiary/aromatic N) is 4. The molecule has 6 nitrogen and oxygen atoms in total. The molecule has 0 saturated carbocycles. The van der Waals surface area contributed by atoms with Crippen molar-refractivity contribution >= 4 is 11.5 Å². The molecule has 0 unspecified atom stereocenters. The van der Waals surface area contributed by atoms with Gasteiger partial charge in [0.2, 0.25) is 0 Å². The van der Waals surface area contributed by atoms with Crippen molar-refractivity contribution in [2.75, 3.05) is 25.6 Å². The fourth-order valence-corrected chi connectivity index (χ4v) is 1.27. The van der Waals surface area contributed by atoms with Crippen molar-refractivity contribution in [3.05, 3.63) is 18.0 Å². The summed E-state index contributed by atoms with van der Waals surface area (Å²) >= 11 is 0. The highest BCUT2D eigenvalue weighted by atomic mass is 16.5. The van der Waals surface area contributed by atoms with Crippen molar-refractivity contribution in [1.29, 1.82) is 0 Å². The van der Waals surface area contributed by atoms with Gasteiger partial charge in [-0.3, -0.25) is 0 Å². The number of methoxy groups -OCH3 is 1. The highest BCUT2D eigenvalue weighted by molar-refractivity contribution is 5.43. The minimum Gasteiger partial charge on any atom is -0.383 e. The largest absolute Gasteiger partial charge is 0.383 e. The van der Waals surface area contributed by atoms with E-state index >= 15 is 0 Å². The Hall–Kier alpha value is -1.69. The van der Waals surface area contributed by atoms with E-state index in [1.165, 1.54) is 0 Å². The molecule has 2 rings (SSSR count). The molecule has 0 radical (unpaired) electrons. The van der Waals surface area contributed by atoms with E-state index in [9.17, 15) is 0 Å². The van der Waals surface area contributed by atoms with Gasteiger partial charge < -0.3 is 10.1 Å². The van der Waals surface area contributed by atoms with Crippen LogP contribution >= 0.6 is 0 Å². The summed E-state index contributed by atoms with van der Waals surface area (Å²) in [7, 11) is 1.67. The Bertz CT molecular complexity index is 453. The summed E-state index contributed by atoms with van der Waals surface area (Å²) in [6.07, 6.45) is 0. The summed E-state index contributed by atoms with van der Waals surface area (Å²) in [5.74, 6) is 1.57. The molecule has 0 spiro atoms. The van der Waals surface area contributed by atoms with Crippen LogP contribution in [0.3, 0.4) is 0 Å². The number of rotatable bonds is 4. The average Bonchev–Trinajstić information content (AvgIpc) is 2.61. The van der Waals surface area contributed by atoms with E-state index in [-0.39, 0.29) is 0 Å². The summed E-state index contributed by atoms with van der Waals surface area (Å²) in [6.45, 7) is 3.25. The van der Waals surface area contributed by atoms with Crippen LogP contribution in [0, 0.1) is 6.92 Å². The van der Waals surface area contributed by atoms with Gasteiger partial charge in [-0.05, 0) is 19.1 Å². The van der Waals surface area contributed by atoms with Gasteiger partial charge in [-0.15, -0.1) is 15.3 Å². The van der Waals surface area contributed by atoms with Crippen LogP contribution in [0.1, 0.15) is 5.82 Å². The fraction of sp³-hybridized carbons (Fsp3) is 0.444. The topological polar surface area (TPSA) is 64.3 Å². The smallest absolute Gasteiger partial charge is 0.178 e. The number of anilines is 1. The molecule has 0 aliphatic carbocycles. The zero-order chi connectivity index (χ0) is 10.7. The van der Waals surface area contributed by atoms with Gasteiger partial charge in [0.05, 0.1) is 6.61 Å². The van der Waals surface area contributed by atoms with Crippen LogP contribution in [-0.4, -0.2) is 40.1 Å². The highest BCUT2D eigenvalue weighted by Gasteiger charge is 2.02. The maximum absolute atomic E-state index is 4.94. The molecule has 6 heteroatoms. The van der Waals surface area contributed by atoms with Gasteiger partial charge in [-0.1, -0.05) is 0 Å². The fourth-order valence-electron chi connectivity index (χ4n) is 1.27. The Kier molecular flexibility index (Phi) is 2.77. The molecule has 1 N–H and O–H groups in total. The summed E-state index contributed by atoms with van der Waals surface area (Å²) in [6, 6.07) is 3.75. The molecule has 0 bridgehead atoms. The molecule has 0 aromatic carbocycles. The van der Waals surface area contributed by atoms with Crippen molar-refractivity contribution in [3.8, 4) is 0 Å². The molecule has 0 saturated heterocycles. The number of aromatic nitrogens is 4. The lowest BCUT2D eigenvalue weighted by molar-refractivity contribution is 0.210. The van der Waals surface area contributed by atoms with Crippen molar-refractivity contribution in [3.63, 3.8) is 0 Å². The number of aryl methyl sites for hydroxylation is 1.